The summed E-state index contributed by atoms with van der Waals surface area (Å²) in [5.41, 5.74) is 3.43. The van der Waals surface area contributed by atoms with E-state index in [2.05, 4.69) is 78.0 Å². The molecule has 2 rings (SSSR count). The van der Waals surface area contributed by atoms with Crippen LogP contribution in [0, 0.1) is 18.3 Å². The zero-order valence-electron chi connectivity index (χ0n) is 16.6. The summed E-state index contributed by atoms with van der Waals surface area (Å²) in [5, 5.41) is 3.46. The molecule has 1 aliphatic rings. The monoisotopic (exact) mass is 317 g/mol. The van der Waals surface area contributed by atoms with E-state index in [0.717, 1.165) is 12.5 Å². The molecular weight excluding hydrogens is 278 g/mol. The van der Waals surface area contributed by atoms with Gasteiger partial charge in [-0.1, -0.05) is 76.3 Å². The molecule has 1 fully saturated rings. The minimum Gasteiger partial charge on any atom is -0.308 e. The number of aryl methyl sites for hydroxylation is 1. The zero-order chi connectivity index (χ0) is 17.5. The number of benzene rings is 1. The van der Waals surface area contributed by atoms with Gasteiger partial charge in [-0.15, -0.1) is 0 Å². The molecule has 1 heteroatoms. The Bertz CT molecular complexity index is 425. The topological polar surface area (TPSA) is 12.0 Å². The van der Waals surface area contributed by atoms with Crippen molar-refractivity contribution >= 4 is 0 Å². The highest BCUT2D eigenvalue weighted by Gasteiger charge is 2.21. The second-order valence-corrected chi connectivity index (χ2v) is 9.50. The highest BCUT2D eigenvalue weighted by Crippen LogP contribution is 2.34. The number of hydrogen-bond donors (Lipinski definition) is 1. The van der Waals surface area contributed by atoms with Crippen LogP contribution in [-0.4, -0.2) is 5.54 Å². The fourth-order valence-corrected chi connectivity index (χ4v) is 3.15. The van der Waals surface area contributed by atoms with E-state index in [4.69, 9.17) is 0 Å². The van der Waals surface area contributed by atoms with E-state index in [0.29, 0.717) is 5.41 Å². The molecule has 1 N–H and O–H groups in total. The summed E-state index contributed by atoms with van der Waals surface area (Å²) < 4.78 is 0. The van der Waals surface area contributed by atoms with Gasteiger partial charge in [0.15, 0.2) is 0 Å². The van der Waals surface area contributed by atoms with Crippen molar-refractivity contribution in [2.75, 3.05) is 0 Å². The van der Waals surface area contributed by atoms with Gasteiger partial charge in [0.2, 0.25) is 0 Å². The van der Waals surface area contributed by atoms with Crippen LogP contribution in [-0.2, 0) is 6.54 Å². The number of hydrogen-bond acceptors (Lipinski definition) is 1. The molecule has 0 radical (unpaired) electrons. The van der Waals surface area contributed by atoms with Crippen molar-refractivity contribution < 1.29 is 0 Å². The van der Waals surface area contributed by atoms with Crippen LogP contribution in [0.4, 0.5) is 0 Å². The van der Waals surface area contributed by atoms with Gasteiger partial charge in [0.25, 0.3) is 0 Å². The van der Waals surface area contributed by atoms with Crippen LogP contribution < -0.4 is 5.32 Å². The molecule has 0 atom stereocenters. The normalized spacial score (nSPS) is 16.1. The Morgan fingerprint density at radius 1 is 0.913 bits per heavy atom. The molecule has 1 aliphatic carbocycles. The lowest BCUT2D eigenvalue weighted by Crippen LogP contribution is -2.35. The van der Waals surface area contributed by atoms with Gasteiger partial charge in [-0.25, -0.2) is 0 Å². The average molecular weight is 318 g/mol. The lowest BCUT2D eigenvalue weighted by atomic mass is 9.84. The predicted molar refractivity (Wildman–Crippen MR) is 104 cm³/mol. The highest BCUT2D eigenvalue weighted by molar-refractivity contribution is 5.21. The van der Waals surface area contributed by atoms with Gasteiger partial charge in [-0.3, -0.25) is 0 Å². The van der Waals surface area contributed by atoms with Crippen molar-refractivity contribution in [3.63, 3.8) is 0 Å². The Balaban J connectivity index is 0.000000238. The van der Waals surface area contributed by atoms with E-state index in [1.54, 1.807) is 0 Å². The fourth-order valence-electron chi connectivity index (χ4n) is 3.15. The molecule has 132 valence electrons. The lowest BCUT2D eigenvalue weighted by molar-refractivity contribution is 0.297. The van der Waals surface area contributed by atoms with Gasteiger partial charge in [0.1, 0.15) is 0 Å². The second kappa shape index (κ2) is 8.87. The van der Waals surface area contributed by atoms with Crippen LogP contribution in [0.2, 0.25) is 0 Å². The molecule has 0 aliphatic heterocycles. The van der Waals surface area contributed by atoms with Gasteiger partial charge >= 0.3 is 0 Å². The van der Waals surface area contributed by atoms with E-state index in [-0.39, 0.29) is 5.54 Å². The molecule has 1 saturated carbocycles. The Hall–Kier alpha value is -0.820. The molecule has 0 aromatic heterocycles. The molecule has 0 amide bonds. The van der Waals surface area contributed by atoms with Gasteiger partial charge in [-0.2, -0.15) is 0 Å². The molecular formula is C22H39N. The first-order valence-electron chi connectivity index (χ1n) is 9.36. The van der Waals surface area contributed by atoms with E-state index in [1.165, 1.54) is 43.2 Å². The van der Waals surface area contributed by atoms with Crippen molar-refractivity contribution in [2.24, 2.45) is 11.3 Å². The minimum atomic E-state index is 0.199. The molecule has 0 heterocycles. The Morgan fingerprint density at radius 3 is 1.87 bits per heavy atom. The first-order valence-corrected chi connectivity index (χ1v) is 9.36. The van der Waals surface area contributed by atoms with Crippen molar-refractivity contribution in [1.29, 1.82) is 0 Å². The summed E-state index contributed by atoms with van der Waals surface area (Å²) in [6.07, 6.45) is 7.41. The van der Waals surface area contributed by atoms with Crippen molar-refractivity contribution in [3.05, 3.63) is 35.4 Å². The summed E-state index contributed by atoms with van der Waals surface area (Å²) in [7, 11) is 0. The van der Waals surface area contributed by atoms with Crippen molar-refractivity contribution in [1.82, 2.24) is 5.32 Å². The van der Waals surface area contributed by atoms with Gasteiger partial charge < -0.3 is 5.32 Å². The fraction of sp³-hybridized carbons (Fsp3) is 0.727. The summed E-state index contributed by atoms with van der Waals surface area (Å²) in [4.78, 5) is 0. The van der Waals surface area contributed by atoms with Crippen LogP contribution >= 0.6 is 0 Å². The maximum absolute atomic E-state index is 3.46. The number of nitrogens with one attached hydrogen (secondary N) is 1. The third-order valence-electron chi connectivity index (χ3n) is 4.32. The van der Waals surface area contributed by atoms with Crippen LogP contribution in [0.5, 0.6) is 0 Å². The highest BCUT2D eigenvalue weighted by atomic mass is 14.9. The smallest absolute Gasteiger partial charge is 0.0210 e. The first-order chi connectivity index (χ1) is 10.6. The zero-order valence-corrected chi connectivity index (χ0v) is 16.6. The molecule has 1 nitrogen and oxygen atoms in total. The molecule has 23 heavy (non-hydrogen) atoms. The first kappa shape index (κ1) is 20.2. The third kappa shape index (κ3) is 10.5. The maximum atomic E-state index is 3.46. The Morgan fingerprint density at radius 2 is 1.43 bits per heavy atom. The van der Waals surface area contributed by atoms with E-state index >= 15 is 0 Å². The van der Waals surface area contributed by atoms with E-state index < -0.39 is 0 Å². The molecule has 1 aromatic carbocycles. The van der Waals surface area contributed by atoms with Crippen LogP contribution in [0.1, 0.15) is 84.8 Å². The second-order valence-electron chi connectivity index (χ2n) is 9.50. The molecule has 1 aromatic rings. The quantitative estimate of drug-likeness (QED) is 0.671. The summed E-state index contributed by atoms with van der Waals surface area (Å²) >= 11 is 0. The van der Waals surface area contributed by atoms with Crippen LogP contribution in [0.15, 0.2) is 24.3 Å². The SMILES string of the molecule is CC(C)(C)CC1CCCC1.Cc1ccc(CNC(C)(C)C)cc1. The standard InChI is InChI=1S/C12H19N.C10H20/c1-10-5-7-11(8-6-10)9-13-12(2,3)4;1-10(2,3)8-9-6-4-5-7-9/h5-8,13H,9H2,1-4H3;9H,4-8H2,1-3H3. The Labute approximate surface area is 145 Å². The minimum absolute atomic E-state index is 0.199. The predicted octanol–water partition coefficient (Wildman–Crippen LogP) is 6.50. The van der Waals surface area contributed by atoms with Gasteiger partial charge in [-0.05, 0) is 51.0 Å². The van der Waals surface area contributed by atoms with Gasteiger partial charge in [0, 0.05) is 12.1 Å². The van der Waals surface area contributed by atoms with Crippen molar-refractivity contribution in [3.8, 4) is 0 Å². The Kier molecular flexibility index (Phi) is 7.80. The van der Waals surface area contributed by atoms with E-state index in [9.17, 15) is 0 Å². The van der Waals surface area contributed by atoms with E-state index in [1.807, 2.05) is 0 Å². The molecule has 0 bridgehead atoms. The molecule has 0 spiro atoms. The molecule has 0 saturated heterocycles. The van der Waals surface area contributed by atoms with Crippen LogP contribution in [0.25, 0.3) is 0 Å². The summed E-state index contributed by atoms with van der Waals surface area (Å²) in [6.45, 7) is 16.7. The largest absolute Gasteiger partial charge is 0.308 e. The summed E-state index contributed by atoms with van der Waals surface area (Å²) in [5.74, 6) is 1.06. The lowest BCUT2D eigenvalue weighted by Gasteiger charge is -2.22. The number of rotatable bonds is 3. The third-order valence-corrected chi connectivity index (χ3v) is 4.32. The summed E-state index contributed by atoms with van der Waals surface area (Å²) in [6, 6.07) is 8.65. The molecule has 0 unspecified atom stereocenters. The van der Waals surface area contributed by atoms with Crippen molar-refractivity contribution in [2.45, 2.75) is 92.7 Å². The van der Waals surface area contributed by atoms with Crippen LogP contribution in [0.3, 0.4) is 0 Å². The van der Waals surface area contributed by atoms with Gasteiger partial charge in [0.05, 0.1) is 0 Å². The maximum Gasteiger partial charge on any atom is 0.0210 e. The average Bonchev–Trinajstić information content (AvgIpc) is 2.88.